The van der Waals surface area contributed by atoms with Crippen LogP contribution in [0.1, 0.15) is 9.67 Å². The molecule has 1 aromatic carbocycles. The molecule has 0 unspecified atom stereocenters. The number of halogens is 1. The molecular weight excluding hydrogens is 350 g/mol. The topological polar surface area (TPSA) is 85.8 Å². The minimum atomic E-state index is -0.391. The number of thiophene rings is 1. The Hall–Kier alpha value is -2.71. The summed E-state index contributed by atoms with van der Waals surface area (Å²) in [5, 5.41) is 15.7. The van der Waals surface area contributed by atoms with Crippen LogP contribution in [0.2, 0.25) is 5.02 Å². The van der Waals surface area contributed by atoms with Gasteiger partial charge >= 0.3 is 6.01 Å². The summed E-state index contributed by atoms with van der Waals surface area (Å²) >= 11 is 7.60. The fraction of sp³-hybridized carbons (Fsp3) is 0.0667. The maximum atomic E-state index is 12.4. The van der Waals surface area contributed by atoms with E-state index in [0.717, 1.165) is 10.1 Å². The fourth-order valence-electron chi connectivity index (χ4n) is 2.22. The molecule has 0 saturated heterocycles. The van der Waals surface area contributed by atoms with Crippen LogP contribution in [0.5, 0.6) is 0 Å². The van der Waals surface area contributed by atoms with E-state index in [4.69, 9.17) is 16.0 Å². The molecule has 3 aromatic heterocycles. The molecule has 0 radical (unpaired) electrons. The molecule has 4 aromatic rings. The Morgan fingerprint density at radius 3 is 2.88 bits per heavy atom. The minimum Gasteiger partial charge on any atom is -0.401 e. The maximum absolute atomic E-state index is 12.4. The zero-order chi connectivity index (χ0) is 16.7. The Labute approximate surface area is 144 Å². The zero-order valence-corrected chi connectivity index (χ0v) is 13.9. The molecule has 0 aliphatic heterocycles. The van der Waals surface area contributed by atoms with E-state index in [2.05, 4.69) is 20.6 Å². The number of nitrogens with zero attached hydrogens (tertiary/aromatic N) is 4. The molecule has 7 nitrogen and oxygen atoms in total. The van der Waals surface area contributed by atoms with Gasteiger partial charge in [0.25, 0.3) is 11.8 Å². The van der Waals surface area contributed by atoms with E-state index in [-0.39, 0.29) is 11.9 Å². The van der Waals surface area contributed by atoms with Crippen molar-refractivity contribution >= 4 is 44.9 Å². The largest absolute Gasteiger partial charge is 0.401 e. The fourth-order valence-corrected chi connectivity index (χ4v) is 3.63. The second-order valence-corrected chi connectivity index (χ2v) is 6.41. The molecule has 0 atom stereocenters. The number of carbonyl (C=O) groups is 1. The molecular formula is C15H10ClN5O2S. The van der Waals surface area contributed by atoms with Crippen LogP contribution in [0.4, 0.5) is 6.01 Å². The average molecular weight is 360 g/mol. The molecule has 0 saturated carbocycles. The summed E-state index contributed by atoms with van der Waals surface area (Å²) in [6.07, 6.45) is 1.76. The smallest absolute Gasteiger partial charge is 0.322 e. The normalized spacial score (nSPS) is 11.1. The first-order valence-corrected chi connectivity index (χ1v) is 8.13. The summed E-state index contributed by atoms with van der Waals surface area (Å²) in [6.45, 7) is 0. The molecule has 1 amide bonds. The van der Waals surface area contributed by atoms with Gasteiger partial charge in [-0.1, -0.05) is 34.9 Å². The first kappa shape index (κ1) is 14.9. The second kappa shape index (κ2) is 5.73. The van der Waals surface area contributed by atoms with Crippen LogP contribution >= 0.6 is 22.9 Å². The van der Waals surface area contributed by atoms with Gasteiger partial charge in [-0.2, -0.15) is 5.10 Å². The van der Waals surface area contributed by atoms with Crippen LogP contribution < -0.4 is 5.32 Å². The summed E-state index contributed by atoms with van der Waals surface area (Å²) in [5.74, 6) is -0.161. The molecule has 3 heterocycles. The van der Waals surface area contributed by atoms with Gasteiger partial charge in [-0.15, -0.1) is 16.4 Å². The van der Waals surface area contributed by atoms with Crippen molar-refractivity contribution in [3.63, 3.8) is 0 Å². The Balaban J connectivity index is 1.59. The Kier molecular flexibility index (Phi) is 3.55. The molecule has 9 heteroatoms. The number of anilines is 1. The van der Waals surface area contributed by atoms with E-state index in [1.54, 1.807) is 24.0 Å². The quantitative estimate of drug-likeness (QED) is 0.604. The molecule has 0 bridgehead atoms. The number of carbonyl (C=O) groups excluding carboxylic acids is 1. The lowest BCUT2D eigenvalue weighted by Gasteiger charge is -1.97. The van der Waals surface area contributed by atoms with Crippen molar-refractivity contribution in [2.45, 2.75) is 0 Å². The van der Waals surface area contributed by atoms with Crippen LogP contribution in [0.25, 0.3) is 21.7 Å². The van der Waals surface area contributed by atoms with Gasteiger partial charge < -0.3 is 4.42 Å². The van der Waals surface area contributed by atoms with E-state index in [9.17, 15) is 4.79 Å². The van der Waals surface area contributed by atoms with Crippen LogP contribution in [0.3, 0.4) is 0 Å². The van der Waals surface area contributed by atoms with Gasteiger partial charge in [-0.3, -0.25) is 14.8 Å². The first-order chi connectivity index (χ1) is 11.6. The van der Waals surface area contributed by atoms with Gasteiger partial charge in [0.2, 0.25) is 0 Å². The SMILES string of the molecule is Cn1ccc(-c2nnc(NC(=O)c3sc4ccccc4c3Cl)o2)n1. The Bertz CT molecular complexity index is 1050. The molecule has 4 rings (SSSR count). The predicted molar refractivity (Wildman–Crippen MR) is 91.3 cm³/mol. The molecule has 0 aliphatic rings. The van der Waals surface area contributed by atoms with Crippen molar-refractivity contribution in [2.24, 2.45) is 7.05 Å². The van der Waals surface area contributed by atoms with Crippen molar-refractivity contribution in [3.05, 3.63) is 46.4 Å². The van der Waals surface area contributed by atoms with Crippen LogP contribution in [0.15, 0.2) is 40.9 Å². The summed E-state index contributed by atoms with van der Waals surface area (Å²) in [7, 11) is 1.78. The number of fused-ring (bicyclic) bond motifs is 1. The van der Waals surface area contributed by atoms with Crippen molar-refractivity contribution in [2.75, 3.05) is 5.32 Å². The number of amides is 1. The van der Waals surface area contributed by atoms with Crippen LogP contribution in [0, 0.1) is 0 Å². The minimum absolute atomic E-state index is 0.00539. The van der Waals surface area contributed by atoms with Gasteiger partial charge in [0, 0.05) is 23.3 Å². The van der Waals surface area contributed by atoms with E-state index < -0.39 is 5.91 Å². The summed E-state index contributed by atoms with van der Waals surface area (Å²) in [5.41, 5.74) is 0.533. The highest BCUT2D eigenvalue weighted by molar-refractivity contribution is 7.21. The standard InChI is InChI=1S/C15H10ClN5O2S/c1-21-7-6-9(20-21)14-18-19-15(23-14)17-13(22)12-11(16)8-4-2-3-5-10(8)24-12/h2-7H,1H3,(H,17,19,22). The number of hydrogen-bond acceptors (Lipinski definition) is 6. The predicted octanol–water partition coefficient (Wildman–Crippen LogP) is 3.59. The highest BCUT2D eigenvalue weighted by Crippen LogP contribution is 2.35. The number of rotatable bonds is 3. The summed E-state index contributed by atoms with van der Waals surface area (Å²) < 4.78 is 7.98. The molecule has 0 fully saturated rings. The van der Waals surface area contributed by atoms with Gasteiger partial charge in [0.05, 0.1) is 5.02 Å². The number of aryl methyl sites for hydroxylation is 1. The lowest BCUT2D eigenvalue weighted by molar-refractivity contribution is 0.102. The average Bonchev–Trinajstić information content (AvgIpc) is 3.27. The van der Waals surface area contributed by atoms with E-state index in [1.807, 2.05) is 24.3 Å². The van der Waals surface area contributed by atoms with E-state index >= 15 is 0 Å². The molecule has 120 valence electrons. The van der Waals surface area contributed by atoms with Crippen LogP contribution in [-0.2, 0) is 7.05 Å². The van der Waals surface area contributed by atoms with Crippen molar-refractivity contribution in [1.29, 1.82) is 0 Å². The molecule has 0 aliphatic carbocycles. The Morgan fingerprint density at radius 2 is 2.12 bits per heavy atom. The van der Waals surface area contributed by atoms with Crippen molar-refractivity contribution in [1.82, 2.24) is 20.0 Å². The zero-order valence-electron chi connectivity index (χ0n) is 12.4. The second-order valence-electron chi connectivity index (χ2n) is 4.98. The molecule has 0 spiro atoms. The third kappa shape index (κ3) is 2.55. The van der Waals surface area contributed by atoms with Gasteiger partial charge in [-0.25, -0.2) is 0 Å². The molecule has 1 N–H and O–H groups in total. The number of aromatic nitrogens is 4. The Morgan fingerprint density at radius 1 is 1.29 bits per heavy atom. The van der Waals surface area contributed by atoms with Crippen molar-refractivity contribution in [3.8, 4) is 11.6 Å². The monoisotopic (exact) mass is 359 g/mol. The van der Waals surface area contributed by atoms with E-state index in [1.165, 1.54) is 11.3 Å². The van der Waals surface area contributed by atoms with Crippen molar-refractivity contribution < 1.29 is 9.21 Å². The number of nitrogens with one attached hydrogen (secondary N) is 1. The highest BCUT2D eigenvalue weighted by atomic mass is 35.5. The molecule has 24 heavy (non-hydrogen) atoms. The number of benzene rings is 1. The highest BCUT2D eigenvalue weighted by Gasteiger charge is 2.19. The maximum Gasteiger partial charge on any atom is 0.322 e. The van der Waals surface area contributed by atoms with Crippen LogP contribution in [-0.4, -0.2) is 25.9 Å². The first-order valence-electron chi connectivity index (χ1n) is 6.94. The van der Waals surface area contributed by atoms with Gasteiger partial charge in [0.1, 0.15) is 10.6 Å². The lowest BCUT2D eigenvalue weighted by Crippen LogP contribution is -2.10. The summed E-state index contributed by atoms with van der Waals surface area (Å²) in [6, 6.07) is 9.29. The third-order valence-corrected chi connectivity index (χ3v) is 4.99. The summed E-state index contributed by atoms with van der Waals surface area (Å²) in [4.78, 5) is 12.8. The van der Waals surface area contributed by atoms with Gasteiger partial charge in [-0.05, 0) is 12.1 Å². The third-order valence-electron chi connectivity index (χ3n) is 3.32. The lowest BCUT2D eigenvalue weighted by atomic mass is 10.2. The van der Waals surface area contributed by atoms with Gasteiger partial charge in [0.15, 0.2) is 0 Å². The number of hydrogen-bond donors (Lipinski definition) is 1. The van der Waals surface area contributed by atoms with E-state index in [0.29, 0.717) is 15.6 Å².